The molecule has 2 aromatic carbocycles. The first-order valence-electron chi connectivity index (χ1n) is 10.6. The molecule has 3 aromatic rings. The van der Waals surface area contributed by atoms with Crippen LogP contribution in [0.25, 0.3) is 16.5 Å². The third-order valence-electron chi connectivity index (χ3n) is 6.23. The summed E-state index contributed by atoms with van der Waals surface area (Å²) in [5.74, 6) is -0.0179. The molecule has 0 aliphatic carbocycles. The van der Waals surface area contributed by atoms with Crippen LogP contribution in [-0.2, 0) is 21.2 Å². The van der Waals surface area contributed by atoms with Gasteiger partial charge in [0.1, 0.15) is 0 Å². The predicted molar refractivity (Wildman–Crippen MR) is 122 cm³/mol. The van der Waals surface area contributed by atoms with E-state index in [2.05, 4.69) is 29.4 Å². The summed E-state index contributed by atoms with van der Waals surface area (Å²) >= 11 is 0. The molecule has 2 aliphatic rings. The molecular formula is C24H25N3O3S. The van der Waals surface area contributed by atoms with Gasteiger partial charge >= 0.3 is 0 Å². The van der Waals surface area contributed by atoms with E-state index in [1.54, 1.807) is 18.2 Å². The van der Waals surface area contributed by atoms with E-state index < -0.39 is 10.0 Å². The van der Waals surface area contributed by atoms with Crippen molar-refractivity contribution in [2.45, 2.75) is 37.5 Å². The topological polar surface area (TPSA) is 82.3 Å². The second-order valence-electron chi connectivity index (χ2n) is 8.23. The van der Waals surface area contributed by atoms with Crippen LogP contribution in [0.5, 0.6) is 0 Å². The molecule has 1 amide bonds. The molecule has 31 heavy (non-hydrogen) atoms. The Morgan fingerprint density at radius 3 is 2.68 bits per heavy atom. The average molecular weight is 436 g/mol. The lowest BCUT2D eigenvalue weighted by atomic mass is 9.97. The zero-order valence-corrected chi connectivity index (χ0v) is 18.3. The highest BCUT2D eigenvalue weighted by molar-refractivity contribution is 7.89. The third kappa shape index (κ3) is 3.58. The standard InChI is InChI=1S/C24H25N3O3S/c1-16-24(20-6-2-3-7-22(20)25-16)17-11-13-27(14-12-17)31(29,30)19-9-10-21-18(15-19)5-4-8-23(28)26-21/h2-3,6-7,9-11,15,25H,4-5,8,12-14H2,1H3,(H,26,28). The largest absolute Gasteiger partial charge is 0.358 e. The van der Waals surface area contributed by atoms with Crippen LogP contribution in [0.2, 0.25) is 0 Å². The Kier molecular flexibility index (Phi) is 4.95. The second-order valence-corrected chi connectivity index (χ2v) is 10.2. The normalized spacial score (nSPS) is 17.7. The minimum atomic E-state index is -3.60. The number of nitrogens with zero attached hydrogens (tertiary/aromatic N) is 1. The number of fused-ring (bicyclic) bond motifs is 2. The van der Waals surface area contributed by atoms with Crippen molar-refractivity contribution >= 4 is 38.1 Å². The first kappa shape index (κ1) is 20.0. The van der Waals surface area contributed by atoms with Gasteiger partial charge < -0.3 is 10.3 Å². The number of rotatable bonds is 3. The number of nitrogens with one attached hydrogen (secondary N) is 2. The number of aromatic nitrogens is 1. The van der Waals surface area contributed by atoms with Gasteiger partial charge in [-0.2, -0.15) is 4.31 Å². The quantitative estimate of drug-likeness (QED) is 0.646. The minimum absolute atomic E-state index is 0.0179. The number of aryl methyl sites for hydroxylation is 2. The number of hydrogen-bond acceptors (Lipinski definition) is 3. The van der Waals surface area contributed by atoms with Crippen LogP contribution in [0.15, 0.2) is 53.4 Å². The maximum Gasteiger partial charge on any atom is 0.243 e. The Morgan fingerprint density at radius 2 is 1.87 bits per heavy atom. The molecule has 0 saturated carbocycles. The van der Waals surface area contributed by atoms with Crippen LogP contribution in [0.4, 0.5) is 5.69 Å². The Hall–Kier alpha value is -2.90. The van der Waals surface area contributed by atoms with Crippen LogP contribution >= 0.6 is 0 Å². The van der Waals surface area contributed by atoms with Crippen LogP contribution in [0.3, 0.4) is 0 Å². The Bertz CT molecular complexity index is 1320. The zero-order valence-electron chi connectivity index (χ0n) is 17.4. The first-order valence-corrected chi connectivity index (χ1v) is 12.1. The van der Waals surface area contributed by atoms with Crippen molar-refractivity contribution in [3.8, 4) is 0 Å². The lowest BCUT2D eigenvalue weighted by Crippen LogP contribution is -2.34. The number of amides is 1. The Balaban J connectivity index is 1.42. The number of carbonyl (C=O) groups is 1. The molecule has 5 rings (SSSR count). The monoisotopic (exact) mass is 435 g/mol. The van der Waals surface area contributed by atoms with Crippen molar-refractivity contribution in [1.29, 1.82) is 0 Å². The van der Waals surface area contributed by atoms with E-state index in [1.165, 1.54) is 20.8 Å². The number of anilines is 1. The molecule has 0 saturated heterocycles. The summed E-state index contributed by atoms with van der Waals surface area (Å²) < 4.78 is 28.1. The zero-order chi connectivity index (χ0) is 21.6. The van der Waals surface area contributed by atoms with E-state index in [0.29, 0.717) is 37.2 Å². The molecule has 3 heterocycles. The van der Waals surface area contributed by atoms with E-state index in [0.717, 1.165) is 28.9 Å². The predicted octanol–water partition coefficient (Wildman–Crippen LogP) is 4.23. The first-order chi connectivity index (χ1) is 14.9. The summed E-state index contributed by atoms with van der Waals surface area (Å²) in [6.45, 7) is 2.86. The van der Waals surface area contributed by atoms with Crippen molar-refractivity contribution in [3.63, 3.8) is 0 Å². The summed E-state index contributed by atoms with van der Waals surface area (Å²) in [4.78, 5) is 15.5. The molecule has 160 valence electrons. The van der Waals surface area contributed by atoms with Gasteiger partial charge in [0.05, 0.1) is 4.90 Å². The summed E-state index contributed by atoms with van der Waals surface area (Å²) in [6, 6.07) is 13.2. The number of aromatic amines is 1. The van der Waals surface area contributed by atoms with E-state index in [9.17, 15) is 13.2 Å². The van der Waals surface area contributed by atoms with E-state index in [4.69, 9.17) is 0 Å². The molecule has 2 N–H and O–H groups in total. The molecule has 0 atom stereocenters. The van der Waals surface area contributed by atoms with Crippen molar-refractivity contribution < 1.29 is 13.2 Å². The molecule has 1 aromatic heterocycles. The molecule has 0 unspecified atom stereocenters. The molecule has 0 bridgehead atoms. The van der Waals surface area contributed by atoms with Gasteiger partial charge in [-0.3, -0.25) is 4.79 Å². The summed E-state index contributed by atoms with van der Waals surface area (Å²) in [5.41, 5.74) is 6.19. The summed E-state index contributed by atoms with van der Waals surface area (Å²) in [5, 5.41) is 4.04. The van der Waals surface area contributed by atoms with Crippen molar-refractivity contribution in [1.82, 2.24) is 9.29 Å². The van der Waals surface area contributed by atoms with Gasteiger partial charge in [0.15, 0.2) is 0 Å². The van der Waals surface area contributed by atoms with Crippen LogP contribution in [-0.4, -0.2) is 36.7 Å². The molecule has 6 nitrogen and oxygen atoms in total. The van der Waals surface area contributed by atoms with Gasteiger partial charge in [0.2, 0.25) is 15.9 Å². The number of benzene rings is 2. The Labute approximate surface area is 182 Å². The fourth-order valence-electron chi connectivity index (χ4n) is 4.65. The van der Waals surface area contributed by atoms with Crippen molar-refractivity contribution in [2.24, 2.45) is 0 Å². The van der Waals surface area contributed by atoms with Gasteiger partial charge in [0.25, 0.3) is 0 Å². The molecular weight excluding hydrogens is 410 g/mol. The lowest BCUT2D eigenvalue weighted by Gasteiger charge is -2.26. The maximum atomic E-state index is 13.3. The smallest absolute Gasteiger partial charge is 0.243 e. The molecule has 7 heteroatoms. The van der Waals surface area contributed by atoms with Gasteiger partial charge in [-0.1, -0.05) is 24.3 Å². The van der Waals surface area contributed by atoms with Crippen LogP contribution < -0.4 is 5.32 Å². The van der Waals surface area contributed by atoms with E-state index in [-0.39, 0.29) is 5.91 Å². The van der Waals surface area contributed by atoms with Gasteiger partial charge in [-0.15, -0.1) is 0 Å². The minimum Gasteiger partial charge on any atom is -0.358 e. The number of para-hydroxylation sites is 1. The number of hydrogen-bond donors (Lipinski definition) is 2. The van der Waals surface area contributed by atoms with Crippen LogP contribution in [0.1, 0.15) is 36.1 Å². The highest BCUT2D eigenvalue weighted by atomic mass is 32.2. The fourth-order valence-corrected chi connectivity index (χ4v) is 6.08. The third-order valence-corrected chi connectivity index (χ3v) is 8.09. The highest BCUT2D eigenvalue weighted by Crippen LogP contribution is 2.34. The SMILES string of the molecule is Cc1[nH]c2ccccc2c1C1=CCN(S(=O)(=O)c2ccc3c(c2)CCCC(=O)N3)CC1. The highest BCUT2D eigenvalue weighted by Gasteiger charge is 2.28. The summed E-state index contributed by atoms with van der Waals surface area (Å²) in [7, 11) is -3.60. The summed E-state index contributed by atoms with van der Waals surface area (Å²) in [6.07, 6.45) is 4.59. The molecule has 0 radical (unpaired) electrons. The maximum absolute atomic E-state index is 13.3. The van der Waals surface area contributed by atoms with Gasteiger partial charge in [-0.05, 0) is 61.6 Å². The number of sulfonamides is 1. The molecule has 2 aliphatic heterocycles. The number of H-pyrrole nitrogens is 1. The van der Waals surface area contributed by atoms with Crippen molar-refractivity contribution in [2.75, 3.05) is 18.4 Å². The van der Waals surface area contributed by atoms with Gasteiger partial charge in [-0.25, -0.2) is 8.42 Å². The van der Waals surface area contributed by atoms with E-state index in [1.807, 2.05) is 18.2 Å². The lowest BCUT2D eigenvalue weighted by molar-refractivity contribution is -0.116. The number of carbonyl (C=O) groups excluding carboxylic acids is 1. The fraction of sp³-hybridized carbons (Fsp3) is 0.292. The molecule has 0 spiro atoms. The Morgan fingerprint density at radius 1 is 1.03 bits per heavy atom. The van der Waals surface area contributed by atoms with Crippen molar-refractivity contribution in [3.05, 3.63) is 65.4 Å². The molecule has 0 fully saturated rings. The van der Waals surface area contributed by atoms with E-state index >= 15 is 0 Å². The second kappa shape index (κ2) is 7.66. The van der Waals surface area contributed by atoms with Gasteiger partial charge in [0, 0.05) is 47.4 Å². The average Bonchev–Trinajstić information content (AvgIpc) is 2.98. The van der Waals surface area contributed by atoms with Crippen LogP contribution in [0, 0.1) is 6.92 Å².